The van der Waals surface area contributed by atoms with Crippen LogP contribution in [-0.2, 0) is 16.1 Å². The van der Waals surface area contributed by atoms with Gasteiger partial charge in [0, 0.05) is 51.4 Å². The fourth-order valence-corrected chi connectivity index (χ4v) is 3.63. The number of hydrogen-bond donors (Lipinski definition) is 3. The maximum atomic E-state index is 12.4. The van der Waals surface area contributed by atoms with Crippen molar-refractivity contribution >= 4 is 17.8 Å². The first kappa shape index (κ1) is 20.9. The monoisotopic (exact) mass is 403 g/mol. The molecule has 2 heterocycles. The van der Waals surface area contributed by atoms with E-state index in [1.54, 1.807) is 4.90 Å². The smallest absolute Gasteiger partial charge is 0.317 e. The molecule has 0 radical (unpaired) electrons. The minimum atomic E-state index is -0.534. The highest BCUT2D eigenvalue weighted by atomic mass is 16.5. The van der Waals surface area contributed by atoms with Gasteiger partial charge in [0.05, 0.1) is 19.1 Å². The van der Waals surface area contributed by atoms with Crippen LogP contribution in [-0.4, -0.2) is 79.6 Å². The average Bonchev–Trinajstić information content (AvgIpc) is 3.11. The number of benzene rings is 1. The molecule has 2 saturated heterocycles. The van der Waals surface area contributed by atoms with E-state index >= 15 is 0 Å². The Labute approximate surface area is 170 Å². The lowest BCUT2D eigenvalue weighted by molar-refractivity contribution is -0.134. The van der Waals surface area contributed by atoms with Gasteiger partial charge in [-0.05, 0) is 13.0 Å². The third-order valence-corrected chi connectivity index (χ3v) is 5.12. The summed E-state index contributed by atoms with van der Waals surface area (Å²) in [4.78, 5) is 40.1. The minimum Gasteiger partial charge on any atom is -0.494 e. The molecule has 9 heteroatoms. The Balaban J connectivity index is 1.56. The van der Waals surface area contributed by atoms with Gasteiger partial charge in [0.25, 0.3) is 0 Å². The first-order valence-corrected chi connectivity index (χ1v) is 10.1. The molecular weight excluding hydrogens is 374 g/mol. The van der Waals surface area contributed by atoms with E-state index in [-0.39, 0.29) is 24.3 Å². The number of ether oxygens (including phenoxy) is 1. The predicted octanol–water partition coefficient (Wildman–Crippen LogP) is -0.0828. The molecule has 1 atom stereocenters. The van der Waals surface area contributed by atoms with Crippen molar-refractivity contribution in [3.8, 4) is 5.75 Å². The van der Waals surface area contributed by atoms with Gasteiger partial charge >= 0.3 is 6.03 Å². The molecule has 158 valence electrons. The Morgan fingerprint density at radius 2 is 2.00 bits per heavy atom. The summed E-state index contributed by atoms with van der Waals surface area (Å²) in [7, 11) is 0. The van der Waals surface area contributed by atoms with Crippen LogP contribution < -0.4 is 20.7 Å². The van der Waals surface area contributed by atoms with Crippen LogP contribution in [0.25, 0.3) is 0 Å². The molecule has 0 aromatic heterocycles. The van der Waals surface area contributed by atoms with Crippen LogP contribution in [0.3, 0.4) is 0 Å². The second-order valence-electron chi connectivity index (χ2n) is 7.09. The Morgan fingerprint density at radius 1 is 1.21 bits per heavy atom. The molecule has 1 aromatic carbocycles. The highest BCUT2D eigenvalue weighted by molar-refractivity contribution is 5.88. The molecule has 3 N–H and O–H groups in total. The van der Waals surface area contributed by atoms with Crippen LogP contribution in [0.2, 0.25) is 0 Å². The Kier molecular flexibility index (Phi) is 7.29. The zero-order chi connectivity index (χ0) is 20.6. The molecule has 2 aliphatic heterocycles. The Morgan fingerprint density at radius 3 is 2.76 bits per heavy atom. The highest BCUT2D eigenvalue weighted by Gasteiger charge is 2.32. The van der Waals surface area contributed by atoms with Crippen molar-refractivity contribution in [2.45, 2.75) is 25.9 Å². The molecule has 0 spiro atoms. The molecule has 0 saturated carbocycles. The predicted molar refractivity (Wildman–Crippen MR) is 107 cm³/mol. The summed E-state index contributed by atoms with van der Waals surface area (Å²) in [6.45, 7) is 6.36. The van der Waals surface area contributed by atoms with Crippen LogP contribution in [0.5, 0.6) is 5.75 Å². The zero-order valence-corrected chi connectivity index (χ0v) is 16.8. The number of hydrogen-bond acceptors (Lipinski definition) is 5. The second kappa shape index (κ2) is 10.1. The van der Waals surface area contributed by atoms with E-state index in [0.29, 0.717) is 52.4 Å². The van der Waals surface area contributed by atoms with Gasteiger partial charge in [0.1, 0.15) is 5.75 Å². The summed E-state index contributed by atoms with van der Waals surface area (Å²) < 4.78 is 5.69. The fourth-order valence-electron chi connectivity index (χ4n) is 3.63. The van der Waals surface area contributed by atoms with E-state index < -0.39 is 6.04 Å². The first-order valence-electron chi connectivity index (χ1n) is 10.1. The van der Waals surface area contributed by atoms with E-state index in [9.17, 15) is 14.4 Å². The van der Waals surface area contributed by atoms with Crippen LogP contribution in [0.1, 0.15) is 18.9 Å². The number of carbonyl (C=O) groups excluding carboxylic acids is 3. The first-order chi connectivity index (χ1) is 14.1. The summed E-state index contributed by atoms with van der Waals surface area (Å²) in [5.74, 6) is 0.460. The molecule has 29 heavy (non-hydrogen) atoms. The van der Waals surface area contributed by atoms with Gasteiger partial charge in [-0.1, -0.05) is 18.2 Å². The maximum Gasteiger partial charge on any atom is 0.317 e. The molecule has 3 rings (SSSR count). The summed E-state index contributed by atoms with van der Waals surface area (Å²) in [5, 5.41) is 8.39. The maximum absolute atomic E-state index is 12.4. The third kappa shape index (κ3) is 5.60. The van der Waals surface area contributed by atoms with Gasteiger partial charge in [0.15, 0.2) is 0 Å². The van der Waals surface area contributed by atoms with Gasteiger partial charge < -0.3 is 25.6 Å². The van der Waals surface area contributed by atoms with Crippen molar-refractivity contribution < 1.29 is 19.1 Å². The van der Waals surface area contributed by atoms with Crippen molar-refractivity contribution in [1.29, 1.82) is 0 Å². The summed E-state index contributed by atoms with van der Waals surface area (Å²) >= 11 is 0. The summed E-state index contributed by atoms with van der Waals surface area (Å²) in [6, 6.07) is 7.12. The minimum absolute atomic E-state index is 0.0782. The molecule has 0 unspecified atom stereocenters. The molecule has 9 nitrogen and oxygen atoms in total. The summed E-state index contributed by atoms with van der Waals surface area (Å²) in [6.07, 6.45) is 0.0782. The van der Waals surface area contributed by atoms with Crippen molar-refractivity contribution in [1.82, 2.24) is 25.8 Å². The zero-order valence-electron chi connectivity index (χ0n) is 16.8. The number of rotatable bonds is 9. The van der Waals surface area contributed by atoms with E-state index in [1.165, 1.54) is 0 Å². The van der Waals surface area contributed by atoms with Gasteiger partial charge in [-0.2, -0.15) is 0 Å². The van der Waals surface area contributed by atoms with Gasteiger partial charge in [-0.15, -0.1) is 0 Å². The van der Waals surface area contributed by atoms with E-state index in [1.807, 2.05) is 36.1 Å². The van der Waals surface area contributed by atoms with E-state index in [4.69, 9.17) is 4.74 Å². The second-order valence-corrected chi connectivity index (χ2v) is 7.09. The lowest BCUT2D eigenvalue weighted by Crippen LogP contribution is -2.56. The average molecular weight is 403 g/mol. The molecule has 1 aromatic rings. The Bertz CT molecular complexity index is 741. The van der Waals surface area contributed by atoms with Crippen LogP contribution in [0.4, 0.5) is 4.79 Å². The van der Waals surface area contributed by atoms with Gasteiger partial charge in [-0.3, -0.25) is 14.5 Å². The van der Waals surface area contributed by atoms with E-state index in [0.717, 1.165) is 11.3 Å². The third-order valence-electron chi connectivity index (χ3n) is 5.12. The number of nitrogens with one attached hydrogen (secondary N) is 3. The number of amides is 4. The lowest BCUT2D eigenvalue weighted by atomic mass is 10.1. The molecule has 2 aliphatic rings. The molecule has 0 aliphatic carbocycles. The van der Waals surface area contributed by atoms with Crippen molar-refractivity contribution in [2.75, 3.05) is 45.9 Å². The standard InChI is InChI=1S/C20H29N5O4/c1-2-29-17-6-4-3-5-15(17)14-25-12-8-22-19(27)16(25)13-18(26)21-7-10-24-11-9-23-20(24)28/h3-6,16H,2,7-14H2,1H3,(H,21,26)(H,22,27)(H,23,28)/t16-/m1/s1. The Hall–Kier alpha value is -2.81. The number of piperazine rings is 1. The van der Waals surface area contributed by atoms with E-state index in [2.05, 4.69) is 16.0 Å². The van der Waals surface area contributed by atoms with Crippen molar-refractivity contribution in [3.05, 3.63) is 29.8 Å². The van der Waals surface area contributed by atoms with Crippen LogP contribution in [0, 0.1) is 0 Å². The van der Waals surface area contributed by atoms with Crippen molar-refractivity contribution in [2.24, 2.45) is 0 Å². The fraction of sp³-hybridized carbons (Fsp3) is 0.550. The van der Waals surface area contributed by atoms with Crippen LogP contribution in [0.15, 0.2) is 24.3 Å². The molecule has 0 bridgehead atoms. The number of para-hydroxylation sites is 1. The highest BCUT2D eigenvalue weighted by Crippen LogP contribution is 2.22. The SMILES string of the molecule is CCOc1ccccc1CN1CCNC(=O)[C@H]1CC(=O)NCCN1CCNC1=O. The normalized spacial score (nSPS) is 19.6. The number of urea groups is 1. The molecule has 4 amide bonds. The van der Waals surface area contributed by atoms with Crippen LogP contribution >= 0.6 is 0 Å². The number of carbonyl (C=O) groups is 3. The summed E-state index contributed by atoms with van der Waals surface area (Å²) in [5.41, 5.74) is 0.995. The van der Waals surface area contributed by atoms with Gasteiger partial charge in [0.2, 0.25) is 11.8 Å². The molecule has 2 fully saturated rings. The topological polar surface area (TPSA) is 103 Å². The number of nitrogens with zero attached hydrogens (tertiary/aromatic N) is 2. The lowest BCUT2D eigenvalue weighted by Gasteiger charge is -2.35. The largest absolute Gasteiger partial charge is 0.494 e. The van der Waals surface area contributed by atoms with Crippen molar-refractivity contribution in [3.63, 3.8) is 0 Å². The molecular formula is C20H29N5O4. The quantitative estimate of drug-likeness (QED) is 0.535. The van der Waals surface area contributed by atoms with Gasteiger partial charge in [-0.25, -0.2) is 4.79 Å².